The Hall–Kier alpha value is -0.870. The van der Waals surface area contributed by atoms with Crippen molar-refractivity contribution in [1.82, 2.24) is 9.78 Å². The molecule has 0 unspecified atom stereocenters. The Bertz CT molecular complexity index is 303. The van der Waals surface area contributed by atoms with Gasteiger partial charge in [-0.3, -0.25) is 4.68 Å². The monoisotopic (exact) mass is 198 g/mol. The minimum atomic E-state index is -0.229. The van der Waals surface area contributed by atoms with Gasteiger partial charge >= 0.3 is 0 Å². The van der Waals surface area contributed by atoms with Gasteiger partial charge in [0.1, 0.15) is 0 Å². The minimum absolute atomic E-state index is 0.229. The van der Waals surface area contributed by atoms with Gasteiger partial charge in [-0.25, -0.2) is 0 Å². The normalized spacial score (nSPS) is 11.3. The molecule has 1 aromatic heterocycles. The summed E-state index contributed by atoms with van der Waals surface area (Å²) in [6, 6.07) is 0. The van der Waals surface area contributed by atoms with Gasteiger partial charge in [-0.05, 0) is 26.3 Å². The van der Waals surface area contributed by atoms with Crippen LogP contribution < -0.4 is 0 Å². The molecule has 1 rings (SSSR count). The molecule has 1 aromatic rings. The molecule has 0 aliphatic carbocycles. The van der Waals surface area contributed by atoms with E-state index in [0.29, 0.717) is 6.54 Å². The third kappa shape index (κ3) is 2.13. The first-order chi connectivity index (χ1) is 6.60. The molecule has 0 radical (unpaired) electrons. The second-order valence-electron chi connectivity index (χ2n) is 3.38. The lowest BCUT2D eigenvalue weighted by Crippen LogP contribution is -2.22. The van der Waals surface area contributed by atoms with Crippen molar-refractivity contribution in [3.05, 3.63) is 17.0 Å². The highest BCUT2D eigenvalue weighted by Gasteiger charge is 2.11. The van der Waals surface area contributed by atoms with Crippen molar-refractivity contribution >= 4 is 0 Å². The lowest BCUT2D eigenvalue weighted by atomic mass is 10.2. The number of aryl methyl sites for hydroxylation is 1. The smallest absolute Gasteiger partial charge is 0.176 e. The number of methoxy groups -OCH3 is 2. The summed E-state index contributed by atoms with van der Waals surface area (Å²) in [5.41, 5.74) is 3.46. The van der Waals surface area contributed by atoms with Crippen LogP contribution in [0.1, 0.15) is 17.0 Å². The van der Waals surface area contributed by atoms with Crippen molar-refractivity contribution in [3.8, 4) is 0 Å². The molecule has 0 saturated heterocycles. The molecular weight excluding hydrogens is 180 g/mol. The van der Waals surface area contributed by atoms with Gasteiger partial charge in [0.05, 0.1) is 12.2 Å². The number of hydrogen-bond donors (Lipinski definition) is 0. The molecule has 14 heavy (non-hydrogen) atoms. The van der Waals surface area contributed by atoms with Crippen molar-refractivity contribution in [2.45, 2.75) is 33.6 Å². The highest BCUT2D eigenvalue weighted by atomic mass is 16.7. The van der Waals surface area contributed by atoms with Gasteiger partial charge in [0.25, 0.3) is 0 Å². The van der Waals surface area contributed by atoms with E-state index in [1.165, 1.54) is 11.3 Å². The zero-order valence-electron chi connectivity index (χ0n) is 9.50. The second kappa shape index (κ2) is 4.57. The molecule has 0 aliphatic rings. The number of ether oxygens (including phenoxy) is 2. The summed E-state index contributed by atoms with van der Waals surface area (Å²) in [6.07, 6.45) is -0.229. The predicted octanol–water partition coefficient (Wildman–Crippen LogP) is 1.43. The largest absolute Gasteiger partial charge is 0.354 e. The van der Waals surface area contributed by atoms with Crippen molar-refractivity contribution in [3.63, 3.8) is 0 Å². The summed E-state index contributed by atoms with van der Waals surface area (Å²) in [4.78, 5) is 0. The van der Waals surface area contributed by atoms with Crippen LogP contribution in [0.5, 0.6) is 0 Å². The summed E-state index contributed by atoms with van der Waals surface area (Å²) in [7, 11) is 3.26. The number of hydrogen-bond acceptors (Lipinski definition) is 3. The summed E-state index contributed by atoms with van der Waals surface area (Å²) >= 11 is 0. The minimum Gasteiger partial charge on any atom is -0.354 e. The van der Waals surface area contributed by atoms with Gasteiger partial charge < -0.3 is 9.47 Å². The van der Waals surface area contributed by atoms with Crippen LogP contribution >= 0.6 is 0 Å². The van der Waals surface area contributed by atoms with Gasteiger partial charge in [0.2, 0.25) is 0 Å². The third-order valence-electron chi connectivity index (χ3n) is 2.59. The third-order valence-corrected chi connectivity index (χ3v) is 2.59. The Morgan fingerprint density at radius 1 is 1.21 bits per heavy atom. The second-order valence-corrected chi connectivity index (χ2v) is 3.38. The maximum absolute atomic E-state index is 5.12. The van der Waals surface area contributed by atoms with Crippen molar-refractivity contribution in [1.29, 1.82) is 0 Å². The van der Waals surface area contributed by atoms with E-state index in [4.69, 9.17) is 9.47 Å². The Labute approximate surface area is 84.8 Å². The van der Waals surface area contributed by atoms with Crippen LogP contribution in [0.3, 0.4) is 0 Å². The Balaban J connectivity index is 2.81. The first kappa shape index (κ1) is 11.2. The molecule has 4 nitrogen and oxygen atoms in total. The van der Waals surface area contributed by atoms with Crippen molar-refractivity contribution < 1.29 is 9.47 Å². The summed E-state index contributed by atoms with van der Waals surface area (Å²) in [5.74, 6) is 0. The molecule has 80 valence electrons. The molecule has 0 N–H and O–H groups in total. The van der Waals surface area contributed by atoms with Crippen LogP contribution in [0.4, 0.5) is 0 Å². The topological polar surface area (TPSA) is 36.3 Å². The van der Waals surface area contributed by atoms with Gasteiger partial charge in [0.15, 0.2) is 6.29 Å². The molecular formula is C10H18N2O2. The molecule has 0 amide bonds. The van der Waals surface area contributed by atoms with Crippen molar-refractivity contribution in [2.75, 3.05) is 14.2 Å². The Morgan fingerprint density at radius 3 is 2.14 bits per heavy atom. The maximum atomic E-state index is 5.12. The van der Waals surface area contributed by atoms with Crippen LogP contribution in [0.25, 0.3) is 0 Å². The van der Waals surface area contributed by atoms with Gasteiger partial charge in [-0.15, -0.1) is 0 Å². The Morgan fingerprint density at radius 2 is 1.79 bits per heavy atom. The summed E-state index contributed by atoms with van der Waals surface area (Å²) < 4.78 is 12.2. The zero-order chi connectivity index (χ0) is 10.7. The molecule has 0 spiro atoms. The SMILES string of the molecule is COC(Cn1nc(C)c(C)c1C)OC. The maximum Gasteiger partial charge on any atom is 0.176 e. The standard InChI is InChI=1S/C10H18N2O2/c1-7-8(2)11-12(9(7)3)6-10(13-4)14-5/h10H,6H2,1-5H3. The van der Waals surface area contributed by atoms with E-state index < -0.39 is 0 Å². The lowest BCUT2D eigenvalue weighted by molar-refractivity contribution is -0.112. The van der Waals surface area contributed by atoms with Crippen LogP contribution in [-0.2, 0) is 16.0 Å². The molecule has 0 aromatic carbocycles. The van der Waals surface area contributed by atoms with Gasteiger partial charge in [-0.2, -0.15) is 5.10 Å². The highest BCUT2D eigenvalue weighted by Crippen LogP contribution is 2.11. The summed E-state index contributed by atoms with van der Waals surface area (Å²) in [6.45, 7) is 6.77. The number of rotatable bonds is 4. The highest BCUT2D eigenvalue weighted by molar-refractivity contribution is 5.22. The van der Waals surface area contributed by atoms with E-state index in [1.54, 1.807) is 14.2 Å². The van der Waals surface area contributed by atoms with Crippen LogP contribution in [-0.4, -0.2) is 30.3 Å². The van der Waals surface area contributed by atoms with E-state index in [1.807, 2.05) is 11.6 Å². The molecule has 0 bridgehead atoms. The molecule has 0 fully saturated rings. The first-order valence-corrected chi connectivity index (χ1v) is 4.66. The fraction of sp³-hybridized carbons (Fsp3) is 0.700. The lowest BCUT2D eigenvalue weighted by Gasteiger charge is -2.14. The van der Waals surface area contributed by atoms with E-state index >= 15 is 0 Å². The van der Waals surface area contributed by atoms with E-state index in [9.17, 15) is 0 Å². The quantitative estimate of drug-likeness (QED) is 0.687. The van der Waals surface area contributed by atoms with E-state index in [0.717, 1.165) is 5.69 Å². The predicted molar refractivity (Wildman–Crippen MR) is 54.2 cm³/mol. The van der Waals surface area contributed by atoms with Crippen LogP contribution in [0.15, 0.2) is 0 Å². The average molecular weight is 198 g/mol. The molecule has 0 atom stereocenters. The van der Waals surface area contributed by atoms with Crippen molar-refractivity contribution in [2.24, 2.45) is 0 Å². The zero-order valence-corrected chi connectivity index (χ0v) is 9.50. The molecule has 0 saturated carbocycles. The Kier molecular flexibility index (Phi) is 3.66. The van der Waals surface area contributed by atoms with Crippen LogP contribution in [0.2, 0.25) is 0 Å². The van der Waals surface area contributed by atoms with Gasteiger partial charge in [-0.1, -0.05) is 0 Å². The number of nitrogens with zero attached hydrogens (tertiary/aromatic N) is 2. The number of aromatic nitrogens is 2. The van der Waals surface area contributed by atoms with Crippen LogP contribution in [0, 0.1) is 20.8 Å². The fourth-order valence-electron chi connectivity index (χ4n) is 1.35. The van der Waals surface area contributed by atoms with E-state index in [-0.39, 0.29) is 6.29 Å². The molecule has 0 aliphatic heterocycles. The molecule has 1 heterocycles. The fourth-order valence-corrected chi connectivity index (χ4v) is 1.35. The first-order valence-electron chi connectivity index (χ1n) is 4.66. The van der Waals surface area contributed by atoms with E-state index in [2.05, 4.69) is 18.9 Å². The molecule has 4 heteroatoms. The van der Waals surface area contributed by atoms with Gasteiger partial charge in [0, 0.05) is 19.9 Å². The average Bonchev–Trinajstić information content (AvgIpc) is 2.42. The summed E-state index contributed by atoms with van der Waals surface area (Å²) in [5, 5.41) is 4.40.